The Morgan fingerprint density at radius 2 is 2.06 bits per heavy atom. The molecule has 6 nitrogen and oxygen atoms in total. The molecule has 2 rings (SSSR count). The number of carboxylic acid groups (broad SMARTS) is 1. The van der Waals surface area contributed by atoms with Gasteiger partial charge in [0.1, 0.15) is 0 Å². The average molecular weight is 237 g/mol. The molecule has 1 amide bonds. The van der Waals surface area contributed by atoms with Crippen LogP contribution in [0.25, 0.3) is 0 Å². The summed E-state index contributed by atoms with van der Waals surface area (Å²) in [5.41, 5.74) is 0.169. The van der Waals surface area contributed by atoms with Crippen LogP contribution >= 0.6 is 0 Å². The molecule has 3 N–H and O–H groups in total. The number of aromatic nitrogens is 2. The summed E-state index contributed by atoms with van der Waals surface area (Å²) in [6.45, 7) is 0. The smallest absolute Gasteiger partial charge is 0.356 e. The van der Waals surface area contributed by atoms with E-state index in [2.05, 4.69) is 15.5 Å². The number of carbonyl (C=O) groups excluding carboxylic acids is 1. The van der Waals surface area contributed by atoms with Crippen molar-refractivity contribution < 1.29 is 14.7 Å². The number of H-pyrrole nitrogens is 1. The highest BCUT2D eigenvalue weighted by molar-refractivity contribution is 5.99. The van der Waals surface area contributed by atoms with Crippen LogP contribution in [0.2, 0.25) is 0 Å². The van der Waals surface area contributed by atoms with Gasteiger partial charge in [0.15, 0.2) is 5.69 Å². The van der Waals surface area contributed by atoms with Crippen molar-refractivity contribution in [2.45, 2.75) is 32.1 Å². The number of carbonyl (C=O) groups is 2. The van der Waals surface area contributed by atoms with Crippen LogP contribution in [-0.4, -0.2) is 27.2 Å². The van der Waals surface area contributed by atoms with E-state index in [0.29, 0.717) is 0 Å². The predicted octanol–water partition coefficient (Wildman–Crippen LogP) is 1.63. The van der Waals surface area contributed by atoms with Gasteiger partial charge in [0.25, 0.3) is 0 Å². The Bertz CT molecular complexity index is 421. The van der Waals surface area contributed by atoms with Gasteiger partial charge < -0.3 is 10.4 Å². The van der Waals surface area contributed by atoms with E-state index < -0.39 is 5.97 Å². The number of nitrogens with zero attached hydrogens (tertiary/aromatic N) is 1. The minimum absolute atomic E-state index is 0.000273. The Kier molecular flexibility index (Phi) is 3.41. The monoisotopic (exact) mass is 237 g/mol. The number of anilines is 1. The van der Waals surface area contributed by atoms with Crippen molar-refractivity contribution in [1.29, 1.82) is 0 Å². The molecule has 0 radical (unpaired) electrons. The first-order valence-electron chi connectivity index (χ1n) is 5.76. The molecular weight excluding hydrogens is 222 g/mol. The van der Waals surface area contributed by atoms with Crippen LogP contribution in [-0.2, 0) is 4.79 Å². The normalized spacial score (nSPS) is 16.7. The maximum absolute atomic E-state index is 11.9. The van der Waals surface area contributed by atoms with Gasteiger partial charge in [-0.2, -0.15) is 5.10 Å². The van der Waals surface area contributed by atoms with Crippen molar-refractivity contribution in [2.75, 3.05) is 5.32 Å². The molecule has 0 saturated heterocycles. The third kappa shape index (κ3) is 2.64. The van der Waals surface area contributed by atoms with Crippen molar-refractivity contribution in [3.63, 3.8) is 0 Å². The first kappa shape index (κ1) is 11.6. The quantitative estimate of drug-likeness (QED) is 0.744. The van der Waals surface area contributed by atoms with Crippen LogP contribution in [0.3, 0.4) is 0 Å². The first-order chi connectivity index (χ1) is 8.18. The maximum atomic E-state index is 11.9. The molecule has 1 saturated carbocycles. The van der Waals surface area contributed by atoms with Crippen molar-refractivity contribution >= 4 is 17.6 Å². The SMILES string of the molecule is O=C(O)c1[nH]ncc1NC(=O)C1CCCCC1. The van der Waals surface area contributed by atoms with Gasteiger partial charge in [-0.15, -0.1) is 0 Å². The number of hydrogen-bond donors (Lipinski definition) is 3. The largest absolute Gasteiger partial charge is 0.476 e. The second kappa shape index (κ2) is 4.99. The summed E-state index contributed by atoms with van der Waals surface area (Å²) in [5, 5.41) is 17.5. The number of nitrogens with one attached hydrogen (secondary N) is 2. The van der Waals surface area contributed by atoms with E-state index >= 15 is 0 Å². The molecule has 0 aromatic carbocycles. The molecule has 0 bridgehead atoms. The van der Waals surface area contributed by atoms with Crippen LogP contribution in [0.1, 0.15) is 42.6 Å². The van der Waals surface area contributed by atoms with E-state index in [1.165, 1.54) is 12.6 Å². The zero-order valence-corrected chi connectivity index (χ0v) is 9.40. The van der Waals surface area contributed by atoms with Crippen LogP contribution in [0.15, 0.2) is 6.20 Å². The van der Waals surface area contributed by atoms with Gasteiger partial charge in [0.2, 0.25) is 5.91 Å². The highest BCUT2D eigenvalue weighted by atomic mass is 16.4. The fourth-order valence-corrected chi connectivity index (χ4v) is 2.14. The van der Waals surface area contributed by atoms with Gasteiger partial charge in [0, 0.05) is 5.92 Å². The van der Waals surface area contributed by atoms with Crippen LogP contribution < -0.4 is 5.32 Å². The molecule has 6 heteroatoms. The Morgan fingerprint density at radius 1 is 1.35 bits per heavy atom. The lowest BCUT2D eigenvalue weighted by Crippen LogP contribution is -2.25. The lowest BCUT2D eigenvalue weighted by molar-refractivity contribution is -0.120. The number of aromatic amines is 1. The van der Waals surface area contributed by atoms with E-state index in [-0.39, 0.29) is 23.2 Å². The second-order valence-corrected chi connectivity index (χ2v) is 4.29. The Balaban J connectivity index is 2.02. The molecular formula is C11H15N3O3. The van der Waals surface area contributed by atoms with E-state index in [1.54, 1.807) is 0 Å². The van der Waals surface area contributed by atoms with E-state index in [9.17, 15) is 9.59 Å². The Hall–Kier alpha value is -1.85. The van der Waals surface area contributed by atoms with Crippen molar-refractivity contribution in [2.24, 2.45) is 5.92 Å². The molecule has 1 aromatic heterocycles. The summed E-state index contributed by atoms with van der Waals surface area (Å²) in [6, 6.07) is 0. The summed E-state index contributed by atoms with van der Waals surface area (Å²) in [5.74, 6) is -1.23. The zero-order chi connectivity index (χ0) is 12.3. The molecule has 1 heterocycles. The highest BCUT2D eigenvalue weighted by Crippen LogP contribution is 2.25. The first-order valence-corrected chi connectivity index (χ1v) is 5.76. The van der Waals surface area contributed by atoms with Gasteiger partial charge in [-0.05, 0) is 12.8 Å². The zero-order valence-electron chi connectivity index (χ0n) is 9.40. The van der Waals surface area contributed by atoms with Crippen LogP contribution in [0, 0.1) is 5.92 Å². The number of aromatic carboxylic acids is 1. The van der Waals surface area contributed by atoms with E-state index in [1.807, 2.05) is 0 Å². The summed E-state index contributed by atoms with van der Waals surface area (Å²) in [4.78, 5) is 22.7. The molecule has 1 fully saturated rings. The van der Waals surface area contributed by atoms with Crippen molar-refractivity contribution in [3.8, 4) is 0 Å². The minimum atomic E-state index is -1.12. The number of rotatable bonds is 3. The van der Waals surface area contributed by atoms with Gasteiger partial charge in [-0.25, -0.2) is 4.79 Å². The van der Waals surface area contributed by atoms with E-state index in [4.69, 9.17) is 5.11 Å². The lowest BCUT2D eigenvalue weighted by atomic mass is 9.88. The molecule has 92 valence electrons. The van der Waals surface area contributed by atoms with Gasteiger partial charge in [0.05, 0.1) is 11.9 Å². The topological polar surface area (TPSA) is 95.1 Å². The Labute approximate surface area is 98.4 Å². The minimum Gasteiger partial charge on any atom is -0.476 e. The molecule has 17 heavy (non-hydrogen) atoms. The predicted molar refractivity (Wildman–Crippen MR) is 60.8 cm³/mol. The summed E-state index contributed by atoms with van der Waals surface area (Å²) < 4.78 is 0. The third-order valence-electron chi connectivity index (χ3n) is 3.09. The van der Waals surface area contributed by atoms with E-state index in [0.717, 1.165) is 25.7 Å². The fraction of sp³-hybridized carbons (Fsp3) is 0.545. The highest BCUT2D eigenvalue weighted by Gasteiger charge is 2.23. The molecule has 0 spiro atoms. The molecule has 1 aliphatic carbocycles. The average Bonchev–Trinajstić information content (AvgIpc) is 2.78. The molecule has 0 aliphatic heterocycles. The molecule has 0 unspecified atom stereocenters. The van der Waals surface area contributed by atoms with Gasteiger partial charge in [-0.3, -0.25) is 9.89 Å². The molecule has 1 aliphatic rings. The maximum Gasteiger partial charge on any atom is 0.356 e. The standard InChI is InChI=1S/C11H15N3O3/c15-10(7-4-2-1-3-5-7)13-8-6-12-14-9(8)11(16)17/h6-7H,1-5H2,(H,12,14)(H,13,15)(H,16,17). The fourth-order valence-electron chi connectivity index (χ4n) is 2.14. The van der Waals surface area contributed by atoms with Gasteiger partial charge in [-0.1, -0.05) is 19.3 Å². The summed E-state index contributed by atoms with van der Waals surface area (Å²) in [7, 11) is 0. The van der Waals surface area contributed by atoms with Crippen LogP contribution in [0.4, 0.5) is 5.69 Å². The van der Waals surface area contributed by atoms with Crippen molar-refractivity contribution in [1.82, 2.24) is 10.2 Å². The number of amides is 1. The summed E-state index contributed by atoms with van der Waals surface area (Å²) in [6.07, 6.45) is 6.39. The van der Waals surface area contributed by atoms with Crippen LogP contribution in [0.5, 0.6) is 0 Å². The third-order valence-corrected chi connectivity index (χ3v) is 3.09. The second-order valence-electron chi connectivity index (χ2n) is 4.29. The Morgan fingerprint density at radius 3 is 2.71 bits per heavy atom. The lowest BCUT2D eigenvalue weighted by Gasteiger charge is -2.20. The molecule has 0 atom stereocenters. The number of carboxylic acids is 1. The van der Waals surface area contributed by atoms with Gasteiger partial charge >= 0.3 is 5.97 Å². The number of hydrogen-bond acceptors (Lipinski definition) is 3. The van der Waals surface area contributed by atoms with Crippen molar-refractivity contribution in [3.05, 3.63) is 11.9 Å². The molecule has 1 aromatic rings. The summed E-state index contributed by atoms with van der Waals surface area (Å²) >= 11 is 0.